The van der Waals surface area contributed by atoms with Crippen molar-refractivity contribution in [3.05, 3.63) is 33.8 Å². The van der Waals surface area contributed by atoms with Gasteiger partial charge in [0.05, 0.1) is 29.3 Å². The summed E-state index contributed by atoms with van der Waals surface area (Å²) in [4.78, 5) is 14.3. The smallest absolute Gasteiger partial charge is 0.176 e. The van der Waals surface area contributed by atoms with Crippen molar-refractivity contribution >= 4 is 29.0 Å². The van der Waals surface area contributed by atoms with Gasteiger partial charge in [0.1, 0.15) is 0 Å². The fourth-order valence-electron chi connectivity index (χ4n) is 2.13. The summed E-state index contributed by atoms with van der Waals surface area (Å²) in [5.41, 5.74) is 0.606. The summed E-state index contributed by atoms with van der Waals surface area (Å²) in [6, 6.07) is 5.00. The molecule has 5 heteroatoms. The molecule has 1 aromatic carbocycles. The number of rotatable bonds is 4. The number of nitrogens with zero attached hydrogens (tertiary/aromatic N) is 1. The zero-order valence-electron chi connectivity index (χ0n) is 10.9. The van der Waals surface area contributed by atoms with Gasteiger partial charge in [0.15, 0.2) is 5.78 Å². The van der Waals surface area contributed by atoms with Crippen LogP contribution < -0.4 is 0 Å². The van der Waals surface area contributed by atoms with Crippen LogP contribution in [0.25, 0.3) is 0 Å². The number of hydrogen-bond donors (Lipinski definition) is 0. The lowest BCUT2D eigenvalue weighted by Crippen LogP contribution is -2.44. The van der Waals surface area contributed by atoms with Gasteiger partial charge in [0.2, 0.25) is 0 Å². The average molecular weight is 302 g/mol. The van der Waals surface area contributed by atoms with E-state index in [-0.39, 0.29) is 11.9 Å². The van der Waals surface area contributed by atoms with Gasteiger partial charge in [0.25, 0.3) is 0 Å². The van der Waals surface area contributed by atoms with E-state index in [0.717, 1.165) is 19.5 Å². The molecular formula is C14H17Cl2NO2. The molecule has 19 heavy (non-hydrogen) atoms. The SMILES string of the molecule is CCC1CN(CC(=O)c2ccc(Cl)c(Cl)c2)CCO1. The number of hydrogen-bond acceptors (Lipinski definition) is 3. The molecule has 1 unspecified atom stereocenters. The average Bonchev–Trinajstić information content (AvgIpc) is 2.42. The maximum absolute atomic E-state index is 12.2. The Kier molecular flexibility index (Phi) is 5.22. The van der Waals surface area contributed by atoms with E-state index in [1.54, 1.807) is 18.2 Å². The van der Waals surface area contributed by atoms with Gasteiger partial charge in [-0.05, 0) is 24.6 Å². The van der Waals surface area contributed by atoms with Crippen LogP contribution in [0.5, 0.6) is 0 Å². The predicted octanol–water partition coefficient (Wildman–Crippen LogP) is 3.29. The van der Waals surface area contributed by atoms with Crippen molar-refractivity contribution in [3.8, 4) is 0 Å². The van der Waals surface area contributed by atoms with Crippen molar-refractivity contribution in [1.82, 2.24) is 4.90 Å². The first-order valence-corrected chi connectivity index (χ1v) is 7.18. The van der Waals surface area contributed by atoms with Crippen molar-refractivity contribution in [3.63, 3.8) is 0 Å². The number of carbonyl (C=O) groups is 1. The van der Waals surface area contributed by atoms with Crippen LogP contribution in [0.4, 0.5) is 0 Å². The predicted molar refractivity (Wildman–Crippen MR) is 77.3 cm³/mol. The summed E-state index contributed by atoms with van der Waals surface area (Å²) < 4.78 is 5.59. The molecule has 0 aromatic heterocycles. The van der Waals surface area contributed by atoms with Crippen LogP contribution in [0.2, 0.25) is 10.0 Å². The van der Waals surface area contributed by atoms with E-state index in [9.17, 15) is 4.79 Å². The van der Waals surface area contributed by atoms with E-state index >= 15 is 0 Å². The largest absolute Gasteiger partial charge is 0.376 e. The molecule has 3 nitrogen and oxygen atoms in total. The number of morpholine rings is 1. The summed E-state index contributed by atoms with van der Waals surface area (Å²) in [5.74, 6) is 0.0651. The first-order chi connectivity index (χ1) is 9.10. The molecule has 1 aromatic rings. The van der Waals surface area contributed by atoms with Crippen LogP contribution in [0.15, 0.2) is 18.2 Å². The Morgan fingerprint density at radius 2 is 2.21 bits per heavy atom. The molecule has 1 fully saturated rings. The second kappa shape index (κ2) is 6.71. The first-order valence-electron chi connectivity index (χ1n) is 6.42. The molecule has 0 aliphatic carbocycles. The highest BCUT2D eigenvalue weighted by Gasteiger charge is 2.21. The van der Waals surface area contributed by atoms with Crippen LogP contribution in [-0.2, 0) is 4.74 Å². The van der Waals surface area contributed by atoms with Crippen LogP contribution >= 0.6 is 23.2 Å². The molecular weight excluding hydrogens is 285 g/mol. The quantitative estimate of drug-likeness (QED) is 0.799. The molecule has 0 amide bonds. The summed E-state index contributed by atoms with van der Waals surface area (Å²) in [6.45, 7) is 4.78. The van der Waals surface area contributed by atoms with Gasteiger partial charge in [-0.15, -0.1) is 0 Å². The normalized spacial score (nSPS) is 20.5. The Hall–Kier alpha value is -0.610. The van der Waals surface area contributed by atoms with Gasteiger partial charge in [-0.25, -0.2) is 0 Å². The molecule has 0 spiro atoms. The van der Waals surface area contributed by atoms with E-state index in [1.165, 1.54) is 0 Å². The minimum absolute atomic E-state index is 0.0651. The van der Waals surface area contributed by atoms with Crippen LogP contribution in [-0.4, -0.2) is 43.0 Å². The van der Waals surface area contributed by atoms with Crippen molar-refractivity contribution in [2.45, 2.75) is 19.4 Å². The van der Waals surface area contributed by atoms with Crippen molar-refractivity contribution in [2.75, 3.05) is 26.2 Å². The molecule has 2 rings (SSSR count). The minimum atomic E-state index is 0.0651. The zero-order valence-corrected chi connectivity index (χ0v) is 12.4. The summed E-state index contributed by atoms with van der Waals surface area (Å²) in [5, 5.41) is 0.886. The van der Waals surface area contributed by atoms with E-state index in [2.05, 4.69) is 11.8 Å². The van der Waals surface area contributed by atoms with Gasteiger partial charge >= 0.3 is 0 Å². The molecule has 1 atom stereocenters. The van der Waals surface area contributed by atoms with E-state index in [4.69, 9.17) is 27.9 Å². The first kappa shape index (κ1) is 14.8. The molecule has 1 aliphatic rings. The van der Waals surface area contributed by atoms with Gasteiger partial charge in [0, 0.05) is 18.7 Å². The Morgan fingerprint density at radius 3 is 2.89 bits per heavy atom. The molecule has 1 saturated heterocycles. The molecule has 1 aliphatic heterocycles. The van der Waals surface area contributed by atoms with Gasteiger partial charge in [-0.2, -0.15) is 0 Å². The summed E-state index contributed by atoms with van der Waals surface area (Å²) in [6.07, 6.45) is 1.20. The number of ketones is 1. The number of Topliss-reactive ketones (excluding diaryl/α,β-unsaturated/α-hetero) is 1. The van der Waals surface area contributed by atoms with E-state index < -0.39 is 0 Å². The molecule has 0 saturated carbocycles. The Balaban J connectivity index is 1.98. The molecule has 0 radical (unpaired) electrons. The third-order valence-corrected chi connectivity index (χ3v) is 4.03. The minimum Gasteiger partial charge on any atom is -0.376 e. The highest BCUT2D eigenvalue weighted by atomic mass is 35.5. The van der Waals surface area contributed by atoms with Gasteiger partial charge in [-0.1, -0.05) is 30.1 Å². The Labute approximate surface area is 123 Å². The molecule has 1 heterocycles. The Bertz CT molecular complexity index is 465. The third kappa shape index (κ3) is 3.93. The maximum atomic E-state index is 12.2. The van der Waals surface area contributed by atoms with Crippen molar-refractivity contribution in [1.29, 1.82) is 0 Å². The standard InChI is InChI=1S/C14H17Cl2NO2/c1-2-11-8-17(5-6-19-11)9-14(18)10-3-4-12(15)13(16)7-10/h3-4,7,11H,2,5-6,8-9H2,1H3. The van der Waals surface area contributed by atoms with Crippen molar-refractivity contribution < 1.29 is 9.53 Å². The number of halogens is 2. The topological polar surface area (TPSA) is 29.5 Å². The monoisotopic (exact) mass is 301 g/mol. The summed E-state index contributed by atoms with van der Waals surface area (Å²) >= 11 is 11.8. The van der Waals surface area contributed by atoms with Gasteiger partial charge < -0.3 is 4.74 Å². The number of ether oxygens (including phenoxy) is 1. The number of carbonyl (C=O) groups excluding carboxylic acids is 1. The van der Waals surface area contributed by atoms with Gasteiger partial charge in [-0.3, -0.25) is 9.69 Å². The summed E-state index contributed by atoms with van der Waals surface area (Å²) in [7, 11) is 0. The molecule has 104 valence electrons. The van der Waals surface area contributed by atoms with E-state index in [1.807, 2.05) is 0 Å². The highest BCUT2D eigenvalue weighted by Crippen LogP contribution is 2.23. The van der Waals surface area contributed by atoms with E-state index in [0.29, 0.717) is 28.8 Å². The maximum Gasteiger partial charge on any atom is 0.176 e. The fourth-order valence-corrected chi connectivity index (χ4v) is 2.43. The Morgan fingerprint density at radius 1 is 1.42 bits per heavy atom. The second-order valence-electron chi connectivity index (χ2n) is 4.69. The lowest BCUT2D eigenvalue weighted by atomic mass is 10.1. The van der Waals surface area contributed by atoms with Crippen LogP contribution in [0.1, 0.15) is 23.7 Å². The second-order valence-corrected chi connectivity index (χ2v) is 5.50. The third-order valence-electron chi connectivity index (χ3n) is 3.29. The van der Waals surface area contributed by atoms with Crippen LogP contribution in [0, 0.1) is 0 Å². The van der Waals surface area contributed by atoms with Crippen LogP contribution in [0.3, 0.4) is 0 Å². The number of benzene rings is 1. The zero-order chi connectivity index (χ0) is 13.8. The van der Waals surface area contributed by atoms with Crippen molar-refractivity contribution in [2.24, 2.45) is 0 Å². The lowest BCUT2D eigenvalue weighted by Gasteiger charge is -2.31. The molecule has 0 bridgehead atoms. The fraction of sp³-hybridized carbons (Fsp3) is 0.500. The highest BCUT2D eigenvalue weighted by molar-refractivity contribution is 6.42. The molecule has 0 N–H and O–H groups in total. The lowest BCUT2D eigenvalue weighted by molar-refractivity contribution is -0.0271.